The van der Waals surface area contributed by atoms with Gasteiger partial charge in [0.25, 0.3) is 0 Å². The van der Waals surface area contributed by atoms with Gasteiger partial charge in [0.2, 0.25) is 10.0 Å². The first-order chi connectivity index (χ1) is 7.71. The minimum absolute atomic E-state index is 0.0472. The monoisotopic (exact) mass is 267 g/mol. The summed E-state index contributed by atoms with van der Waals surface area (Å²) in [5, 5.41) is 0. The van der Waals surface area contributed by atoms with Crippen LogP contribution in [0.2, 0.25) is 0 Å². The van der Waals surface area contributed by atoms with Gasteiger partial charge < -0.3 is 0 Å². The Labute approximate surface area is 97.7 Å². The fourth-order valence-electron chi connectivity index (χ4n) is 1.32. The Hall–Kier alpha value is -1.08. The van der Waals surface area contributed by atoms with Gasteiger partial charge in [-0.2, -0.15) is 13.2 Å². The molecule has 0 spiro atoms. The average molecular weight is 267 g/mol. The van der Waals surface area contributed by atoms with Crippen LogP contribution in [0.25, 0.3) is 0 Å². The molecule has 0 aliphatic heterocycles. The second-order valence-electron chi connectivity index (χ2n) is 3.65. The van der Waals surface area contributed by atoms with Gasteiger partial charge in [0.15, 0.2) is 0 Å². The van der Waals surface area contributed by atoms with Crippen LogP contribution in [0.1, 0.15) is 13.3 Å². The van der Waals surface area contributed by atoms with Gasteiger partial charge in [0.05, 0.1) is 11.3 Å². The Morgan fingerprint density at radius 1 is 1.24 bits per heavy atom. The van der Waals surface area contributed by atoms with Crippen LogP contribution in [0.4, 0.5) is 13.2 Å². The third-order valence-electron chi connectivity index (χ3n) is 1.95. The zero-order valence-electron chi connectivity index (χ0n) is 9.03. The molecule has 17 heavy (non-hydrogen) atoms. The number of nitrogens with one attached hydrogen (secondary N) is 1. The summed E-state index contributed by atoms with van der Waals surface area (Å²) < 4.78 is 61.4. The number of halogens is 3. The van der Waals surface area contributed by atoms with Gasteiger partial charge in [-0.05, 0) is 19.1 Å². The lowest BCUT2D eigenvalue weighted by molar-refractivity contribution is -0.137. The fraction of sp³-hybridized carbons (Fsp3) is 0.400. The summed E-state index contributed by atoms with van der Waals surface area (Å²) in [6.07, 6.45) is -5.59. The van der Waals surface area contributed by atoms with Gasteiger partial charge in [0.1, 0.15) is 0 Å². The number of hydrogen-bond donors (Lipinski definition) is 1. The molecule has 96 valence electrons. The summed E-state index contributed by atoms with van der Waals surface area (Å²) in [6, 6.07) is 6.08. The molecule has 1 rings (SSSR count). The number of alkyl halides is 3. The second kappa shape index (κ2) is 5.05. The van der Waals surface area contributed by atoms with Crippen LogP contribution in [-0.4, -0.2) is 20.6 Å². The largest absolute Gasteiger partial charge is 0.390 e. The predicted molar refractivity (Wildman–Crippen MR) is 56.9 cm³/mol. The molecule has 3 nitrogen and oxygen atoms in total. The van der Waals surface area contributed by atoms with Crippen molar-refractivity contribution in [3.05, 3.63) is 30.3 Å². The van der Waals surface area contributed by atoms with Crippen molar-refractivity contribution >= 4 is 10.0 Å². The Balaban J connectivity index is 2.75. The molecule has 1 aromatic rings. The number of benzene rings is 1. The third kappa shape index (κ3) is 4.74. The topological polar surface area (TPSA) is 46.2 Å². The summed E-state index contributed by atoms with van der Waals surface area (Å²) >= 11 is 0. The Bertz CT molecular complexity index is 456. The van der Waals surface area contributed by atoms with Gasteiger partial charge >= 0.3 is 6.18 Å². The molecular weight excluding hydrogens is 255 g/mol. The van der Waals surface area contributed by atoms with E-state index in [9.17, 15) is 21.6 Å². The summed E-state index contributed by atoms with van der Waals surface area (Å²) in [5.74, 6) is 0. The van der Waals surface area contributed by atoms with E-state index in [2.05, 4.69) is 0 Å². The van der Waals surface area contributed by atoms with E-state index in [1.54, 1.807) is 6.07 Å². The predicted octanol–water partition coefficient (Wildman–Crippen LogP) is 2.31. The normalized spacial score (nSPS) is 14.6. The molecule has 1 atom stereocenters. The SMILES string of the molecule is CC(CC(F)(F)F)NS(=O)(=O)c1ccccc1. The molecule has 0 heterocycles. The molecule has 0 radical (unpaired) electrons. The summed E-state index contributed by atoms with van der Waals surface area (Å²) in [4.78, 5) is -0.0472. The van der Waals surface area contributed by atoms with Gasteiger partial charge in [-0.25, -0.2) is 13.1 Å². The highest BCUT2D eigenvalue weighted by Gasteiger charge is 2.31. The third-order valence-corrected chi connectivity index (χ3v) is 3.55. The molecule has 0 amide bonds. The van der Waals surface area contributed by atoms with Crippen molar-refractivity contribution in [2.75, 3.05) is 0 Å². The first kappa shape index (κ1) is 14.0. The molecule has 1 aromatic carbocycles. The van der Waals surface area contributed by atoms with Crippen molar-refractivity contribution in [3.8, 4) is 0 Å². The van der Waals surface area contributed by atoms with E-state index in [1.807, 2.05) is 4.72 Å². The van der Waals surface area contributed by atoms with Gasteiger partial charge in [-0.15, -0.1) is 0 Å². The molecule has 0 saturated heterocycles. The zero-order chi connectivity index (χ0) is 13.1. The molecule has 0 bridgehead atoms. The highest BCUT2D eigenvalue weighted by atomic mass is 32.2. The lowest BCUT2D eigenvalue weighted by Crippen LogP contribution is -2.35. The van der Waals surface area contributed by atoms with Gasteiger partial charge in [-0.1, -0.05) is 18.2 Å². The minimum atomic E-state index is -4.39. The molecule has 0 fully saturated rings. The van der Waals surface area contributed by atoms with Crippen molar-refractivity contribution in [2.24, 2.45) is 0 Å². The smallest absolute Gasteiger partial charge is 0.208 e. The highest BCUT2D eigenvalue weighted by molar-refractivity contribution is 7.89. The van der Waals surface area contributed by atoms with Crippen molar-refractivity contribution in [2.45, 2.75) is 30.5 Å². The molecule has 1 N–H and O–H groups in total. The van der Waals surface area contributed by atoms with Crippen LogP contribution in [0.3, 0.4) is 0 Å². The van der Waals surface area contributed by atoms with E-state index in [-0.39, 0.29) is 4.90 Å². The first-order valence-electron chi connectivity index (χ1n) is 4.85. The maximum Gasteiger partial charge on any atom is 0.390 e. The summed E-state index contributed by atoms with van der Waals surface area (Å²) in [6.45, 7) is 1.17. The van der Waals surface area contributed by atoms with Crippen LogP contribution in [0, 0.1) is 0 Å². The van der Waals surface area contributed by atoms with E-state index in [1.165, 1.54) is 31.2 Å². The maximum absolute atomic E-state index is 12.0. The van der Waals surface area contributed by atoms with E-state index in [0.29, 0.717) is 0 Å². The van der Waals surface area contributed by atoms with Crippen LogP contribution in [-0.2, 0) is 10.0 Å². The quantitative estimate of drug-likeness (QED) is 0.910. The number of rotatable bonds is 4. The highest BCUT2D eigenvalue weighted by Crippen LogP contribution is 2.22. The maximum atomic E-state index is 12.0. The molecule has 0 saturated carbocycles. The van der Waals surface area contributed by atoms with Crippen molar-refractivity contribution in [1.82, 2.24) is 4.72 Å². The van der Waals surface area contributed by atoms with E-state index < -0.39 is 28.7 Å². The molecule has 0 aliphatic rings. The van der Waals surface area contributed by atoms with E-state index in [4.69, 9.17) is 0 Å². The van der Waals surface area contributed by atoms with E-state index in [0.717, 1.165) is 0 Å². The second-order valence-corrected chi connectivity index (χ2v) is 5.37. The minimum Gasteiger partial charge on any atom is -0.208 e. The van der Waals surface area contributed by atoms with Gasteiger partial charge in [-0.3, -0.25) is 0 Å². The lowest BCUT2D eigenvalue weighted by Gasteiger charge is -2.15. The number of hydrogen-bond acceptors (Lipinski definition) is 2. The average Bonchev–Trinajstić information content (AvgIpc) is 2.15. The van der Waals surface area contributed by atoms with Gasteiger partial charge in [0, 0.05) is 6.04 Å². The van der Waals surface area contributed by atoms with Crippen molar-refractivity contribution in [1.29, 1.82) is 0 Å². The molecule has 7 heteroatoms. The van der Waals surface area contributed by atoms with Crippen LogP contribution in [0.5, 0.6) is 0 Å². The van der Waals surface area contributed by atoms with Crippen molar-refractivity contribution in [3.63, 3.8) is 0 Å². The fourth-order valence-corrected chi connectivity index (χ4v) is 2.59. The van der Waals surface area contributed by atoms with Crippen LogP contribution >= 0.6 is 0 Å². The zero-order valence-corrected chi connectivity index (χ0v) is 9.85. The Morgan fingerprint density at radius 3 is 2.24 bits per heavy atom. The Kier molecular flexibility index (Phi) is 4.16. The summed E-state index contributed by atoms with van der Waals surface area (Å²) in [5.41, 5.74) is 0. The van der Waals surface area contributed by atoms with Crippen LogP contribution in [0.15, 0.2) is 35.2 Å². The Morgan fingerprint density at radius 2 is 1.76 bits per heavy atom. The summed E-state index contributed by atoms with van der Waals surface area (Å²) in [7, 11) is -3.88. The van der Waals surface area contributed by atoms with E-state index >= 15 is 0 Å². The lowest BCUT2D eigenvalue weighted by atomic mass is 10.2. The van der Waals surface area contributed by atoms with Crippen LogP contribution < -0.4 is 4.72 Å². The standard InChI is InChI=1S/C10H12F3NO2S/c1-8(7-10(11,12)13)14-17(15,16)9-5-3-2-4-6-9/h2-6,8,14H,7H2,1H3. The molecule has 1 unspecified atom stereocenters. The first-order valence-corrected chi connectivity index (χ1v) is 6.33. The number of sulfonamides is 1. The molecular formula is C10H12F3NO2S. The molecule has 0 aromatic heterocycles. The van der Waals surface area contributed by atoms with Crippen molar-refractivity contribution < 1.29 is 21.6 Å². The molecule has 0 aliphatic carbocycles.